The Morgan fingerprint density at radius 2 is 1.72 bits per heavy atom. The Morgan fingerprint density at radius 1 is 1.11 bits per heavy atom. The molecule has 100 valence electrons. The lowest BCUT2D eigenvalue weighted by Gasteiger charge is -2.31. The van der Waals surface area contributed by atoms with Crippen molar-refractivity contribution in [2.75, 3.05) is 13.1 Å². The van der Waals surface area contributed by atoms with Gasteiger partial charge in [-0.3, -0.25) is 0 Å². The first kappa shape index (κ1) is 13.1. The number of halogens is 5. The average Bonchev–Trinajstić information content (AvgIpc) is 2.64. The van der Waals surface area contributed by atoms with Gasteiger partial charge in [0.15, 0.2) is 0 Å². The first-order valence-electron chi connectivity index (χ1n) is 5.25. The quantitative estimate of drug-likeness (QED) is 0.832. The Morgan fingerprint density at radius 3 is 2.17 bits per heavy atom. The summed E-state index contributed by atoms with van der Waals surface area (Å²) in [5.74, 6) is -2.42. The van der Waals surface area contributed by atoms with Crippen LogP contribution in [0.2, 0.25) is 0 Å². The van der Waals surface area contributed by atoms with E-state index < -0.39 is 35.7 Å². The number of benzene rings is 1. The van der Waals surface area contributed by atoms with E-state index in [9.17, 15) is 22.0 Å². The van der Waals surface area contributed by atoms with Crippen molar-refractivity contribution in [2.24, 2.45) is 0 Å². The molecule has 1 aromatic carbocycles. The number of hydrogen-bond acceptors (Lipinski definition) is 2. The minimum Gasteiger partial charge on any atom is -0.476 e. The van der Waals surface area contributed by atoms with Crippen LogP contribution in [0.1, 0.15) is 6.42 Å². The fourth-order valence-corrected chi connectivity index (χ4v) is 1.87. The van der Waals surface area contributed by atoms with E-state index in [4.69, 9.17) is 4.74 Å². The van der Waals surface area contributed by atoms with Crippen molar-refractivity contribution in [1.82, 2.24) is 5.32 Å². The zero-order valence-corrected chi connectivity index (χ0v) is 9.15. The van der Waals surface area contributed by atoms with Gasteiger partial charge in [0.1, 0.15) is 17.4 Å². The van der Waals surface area contributed by atoms with Gasteiger partial charge in [0.2, 0.25) is 5.60 Å². The van der Waals surface area contributed by atoms with E-state index in [1.54, 1.807) is 0 Å². The van der Waals surface area contributed by atoms with Crippen LogP contribution >= 0.6 is 0 Å². The van der Waals surface area contributed by atoms with E-state index in [0.29, 0.717) is 6.07 Å². The molecule has 0 aromatic heterocycles. The van der Waals surface area contributed by atoms with Gasteiger partial charge in [0.05, 0.1) is 0 Å². The van der Waals surface area contributed by atoms with Crippen molar-refractivity contribution in [2.45, 2.75) is 18.2 Å². The molecule has 0 aliphatic carbocycles. The second-order valence-corrected chi connectivity index (χ2v) is 4.13. The van der Waals surface area contributed by atoms with Crippen LogP contribution in [0.15, 0.2) is 18.2 Å². The Kier molecular flexibility index (Phi) is 3.18. The summed E-state index contributed by atoms with van der Waals surface area (Å²) in [6.07, 6.45) is -4.91. The Balaban J connectivity index is 2.29. The molecule has 1 aliphatic heterocycles. The fourth-order valence-electron chi connectivity index (χ4n) is 1.87. The summed E-state index contributed by atoms with van der Waals surface area (Å²) in [4.78, 5) is 0. The van der Waals surface area contributed by atoms with Crippen LogP contribution in [0.5, 0.6) is 5.75 Å². The van der Waals surface area contributed by atoms with Crippen LogP contribution in [-0.4, -0.2) is 24.9 Å². The first-order valence-corrected chi connectivity index (χ1v) is 5.25. The predicted octanol–water partition coefficient (Wildman–Crippen LogP) is 2.64. The largest absolute Gasteiger partial charge is 0.476 e. The van der Waals surface area contributed by atoms with E-state index in [-0.39, 0.29) is 13.0 Å². The molecule has 7 heteroatoms. The fraction of sp³-hybridized carbons (Fsp3) is 0.455. The van der Waals surface area contributed by atoms with Crippen LogP contribution in [0.4, 0.5) is 22.0 Å². The molecular weight excluding hydrogens is 257 g/mol. The molecule has 1 fully saturated rings. The summed E-state index contributed by atoms with van der Waals surface area (Å²) in [5.41, 5.74) is -2.42. The minimum absolute atomic E-state index is 0.136. The average molecular weight is 267 g/mol. The highest BCUT2D eigenvalue weighted by Crippen LogP contribution is 2.39. The second-order valence-electron chi connectivity index (χ2n) is 4.13. The molecule has 2 rings (SSSR count). The molecule has 0 amide bonds. The Labute approximate surface area is 99.7 Å². The van der Waals surface area contributed by atoms with Crippen LogP contribution in [0.25, 0.3) is 0 Å². The zero-order chi connectivity index (χ0) is 13.4. The molecule has 1 heterocycles. The highest BCUT2D eigenvalue weighted by atomic mass is 19.4. The summed E-state index contributed by atoms with van der Waals surface area (Å²) in [7, 11) is 0. The second kappa shape index (κ2) is 4.38. The Hall–Kier alpha value is -1.37. The van der Waals surface area contributed by atoms with Crippen molar-refractivity contribution in [3.8, 4) is 5.75 Å². The van der Waals surface area contributed by atoms with Crippen molar-refractivity contribution >= 4 is 0 Å². The summed E-state index contributed by atoms with van der Waals surface area (Å²) >= 11 is 0. The van der Waals surface area contributed by atoms with E-state index in [0.717, 1.165) is 12.1 Å². The molecular formula is C11H10F5NO. The molecule has 1 N–H and O–H groups in total. The maximum atomic E-state index is 13.0. The van der Waals surface area contributed by atoms with Gasteiger partial charge in [0.25, 0.3) is 0 Å². The smallest absolute Gasteiger partial charge is 0.429 e. The number of ether oxygens (including phenoxy) is 1. The third-order valence-corrected chi connectivity index (χ3v) is 2.78. The number of nitrogens with one attached hydrogen (secondary N) is 1. The molecule has 1 aliphatic rings. The van der Waals surface area contributed by atoms with E-state index >= 15 is 0 Å². The van der Waals surface area contributed by atoms with Crippen LogP contribution < -0.4 is 10.1 Å². The summed E-state index contributed by atoms with van der Waals surface area (Å²) < 4.78 is 69.5. The highest BCUT2D eigenvalue weighted by Gasteiger charge is 2.58. The SMILES string of the molecule is Fc1cc(F)cc(OC2(C(F)(F)F)CCNC2)c1. The van der Waals surface area contributed by atoms with Crippen molar-refractivity contribution in [3.63, 3.8) is 0 Å². The third-order valence-electron chi connectivity index (χ3n) is 2.78. The summed E-state index contributed by atoms with van der Waals surface area (Å²) in [6, 6.07) is 2.03. The number of hydrogen-bond donors (Lipinski definition) is 1. The lowest BCUT2D eigenvalue weighted by Crippen LogP contribution is -2.52. The molecule has 2 nitrogen and oxygen atoms in total. The summed E-state index contributed by atoms with van der Waals surface area (Å²) in [6.45, 7) is -0.300. The van der Waals surface area contributed by atoms with Crippen LogP contribution in [0.3, 0.4) is 0 Å². The van der Waals surface area contributed by atoms with Gasteiger partial charge in [-0.15, -0.1) is 0 Å². The maximum absolute atomic E-state index is 13.0. The lowest BCUT2D eigenvalue weighted by atomic mass is 10.0. The van der Waals surface area contributed by atoms with Crippen molar-refractivity contribution < 1.29 is 26.7 Å². The molecule has 1 aromatic rings. The normalized spacial score (nSPS) is 24.3. The van der Waals surface area contributed by atoms with E-state index in [1.165, 1.54) is 0 Å². The minimum atomic E-state index is -4.61. The molecule has 0 saturated carbocycles. The van der Waals surface area contributed by atoms with Gasteiger partial charge in [-0.1, -0.05) is 0 Å². The van der Waals surface area contributed by atoms with Crippen LogP contribution in [-0.2, 0) is 0 Å². The third kappa shape index (κ3) is 2.40. The number of alkyl halides is 3. The van der Waals surface area contributed by atoms with Crippen molar-refractivity contribution in [3.05, 3.63) is 29.8 Å². The first-order chi connectivity index (χ1) is 8.32. The highest BCUT2D eigenvalue weighted by molar-refractivity contribution is 5.25. The molecule has 18 heavy (non-hydrogen) atoms. The molecule has 0 bridgehead atoms. The number of rotatable bonds is 2. The topological polar surface area (TPSA) is 21.3 Å². The molecule has 1 atom stereocenters. The maximum Gasteiger partial charge on any atom is 0.429 e. The molecule has 1 unspecified atom stereocenters. The lowest BCUT2D eigenvalue weighted by molar-refractivity contribution is -0.240. The van der Waals surface area contributed by atoms with Crippen molar-refractivity contribution in [1.29, 1.82) is 0 Å². The molecule has 0 radical (unpaired) electrons. The van der Waals surface area contributed by atoms with E-state index in [2.05, 4.69) is 5.32 Å². The van der Waals surface area contributed by atoms with Gasteiger partial charge < -0.3 is 10.1 Å². The monoisotopic (exact) mass is 267 g/mol. The zero-order valence-electron chi connectivity index (χ0n) is 9.15. The van der Waals surface area contributed by atoms with Gasteiger partial charge >= 0.3 is 6.18 Å². The van der Waals surface area contributed by atoms with Gasteiger partial charge in [0, 0.05) is 31.2 Å². The van der Waals surface area contributed by atoms with Crippen LogP contribution in [0, 0.1) is 11.6 Å². The Bertz CT molecular complexity index is 419. The standard InChI is InChI=1S/C11H10F5NO/c12-7-3-8(13)5-9(4-7)18-10(11(14,15)16)1-2-17-6-10/h3-5,17H,1-2,6H2. The summed E-state index contributed by atoms with van der Waals surface area (Å²) in [5, 5.41) is 2.54. The molecule has 1 saturated heterocycles. The van der Waals surface area contributed by atoms with Gasteiger partial charge in [-0.25, -0.2) is 8.78 Å². The molecule has 0 spiro atoms. The predicted molar refractivity (Wildman–Crippen MR) is 53.3 cm³/mol. The van der Waals surface area contributed by atoms with E-state index in [1.807, 2.05) is 0 Å². The van der Waals surface area contributed by atoms with Gasteiger partial charge in [-0.05, 0) is 6.54 Å². The van der Waals surface area contributed by atoms with Gasteiger partial charge in [-0.2, -0.15) is 13.2 Å².